The summed E-state index contributed by atoms with van der Waals surface area (Å²) in [7, 11) is 0. The van der Waals surface area contributed by atoms with Crippen molar-refractivity contribution in [1.29, 1.82) is 0 Å². The summed E-state index contributed by atoms with van der Waals surface area (Å²) in [6, 6.07) is 4.28. The monoisotopic (exact) mass is 259 g/mol. The van der Waals surface area contributed by atoms with Crippen LogP contribution in [0.5, 0.6) is 0 Å². The molecule has 3 unspecified atom stereocenters. The van der Waals surface area contributed by atoms with Crippen molar-refractivity contribution in [1.82, 2.24) is 10.3 Å². The molecular formula is C15H21N3O. The lowest BCUT2D eigenvalue weighted by Gasteiger charge is -2.24. The van der Waals surface area contributed by atoms with Crippen molar-refractivity contribution in [3.05, 3.63) is 24.0 Å². The fourth-order valence-electron chi connectivity index (χ4n) is 3.37. The van der Waals surface area contributed by atoms with Crippen LogP contribution in [0.25, 0.3) is 0 Å². The van der Waals surface area contributed by atoms with E-state index in [0.29, 0.717) is 12.0 Å². The number of carbonyl (C=O) groups is 1. The molecule has 19 heavy (non-hydrogen) atoms. The lowest BCUT2D eigenvalue weighted by Crippen LogP contribution is -2.39. The van der Waals surface area contributed by atoms with Crippen molar-refractivity contribution in [3.8, 4) is 0 Å². The van der Waals surface area contributed by atoms with Crippen LogP contribution in [0.3, 0.4) is 0 Å². The smallest absolute Gasteiger partial charge is 0.241 e. The first-order valence-corrected chi connectivity index (χ1v) is 7.22. The molecule has 2 fully saturated rings. The molecular weight excluding hydrogens is 238 g/mol. The van der Waals surface area contributed by atoms with Gasteiger partial charge in [0, 0.05) is 23.6 Å². The van der Waals surface area contributed by atoms with Crippen LogP contribution in [0.4, 0.5) is 5.69 Å². The Balaban J connectivity index is 1.62. The third-order valence-corrected chi connectivity index (χ3v) is 4.34. The summed E-state index contributed by atoms with van der Waals surface area (Å²) in [5.74, 6) is 0.795. The molecule has 4 nitrogen and oxygen atoms in total. The van der Waals surface area contributed by atoms with E-state index in [0.717, 1.165) is 17.8 Å². The Morgan fingerprint density at radius 3 is 3.05 bits per heavy atom. The highest BCUT2D eigenvalue weighted by molar-refractivity contribution is 5.95. The van der Waals surface area contributed by atoms with Crippen molar-refractivity contribution in [2.24, 2.45) is 5.92 Å². The van der Waals surface area contributed by atoms with Crippen molar-refractivity contribution in [3.63, 3.8) is 0 Å². The molecule has 0 bridgehead atoms. The highest BCUT2D eigenvalue weighted by Crippen LogP contribution is 2.33. The Labute approximate surface area is 114 Å². The van der Waals surface area contributed by atoms with E-state index < -0.39 is 0 Å². The molecule has 3 atom stereocenters. The minimum atomic E-state index is -0.0263. The molecule has 1 amide bonds. The van der Waals surface area contributed by atoms with E-state index in [1.54, 1.807) is 6.20 Å². The molecule has 102 valence electrons. The normalized spacial score (nSPS) is 29.8. The second kappa shape index (κ2) is 5.29. The van der Waals surface area contributed by atoms with E-state index in [1.807, 2.05) is 19.1 Å². The minimum absolute atomic E-state index is 0.0263. The topological polar surface area (TPSA) is 54.0 Å². The fraction of sp³-hybridized carbons (Fsp3) is 0.600. The zero-order valence-electron chi connectivity index (χ0n) is 11.4. The van der Waals surface area contributed by atoms with E-state index >= 15 is 0 Å². The molecule has 2 aliphatic rings. The maximum atomic E-state index is 12.3. The van der Waals surface area contributed by atoms with Crippen LogP contribution in [0, 0.1) is 12.8 Å². The largest absolute Gasteiger partial charge is 0.325 e. The van der Waals surface area contributed by atoms with Crippen molar-refractivity contribution in [2.75, 3.05) is 5.32 Å². The molecule has 4 heteroatoms. The number of fused-ring (bicyclic) bond motifs is 1. The molecule has 1 saturated carbocycles. The number of amides is 1. The van der Waals surface area contributed by atoms with E-state index in [2.05, 4.69) is 15.6 Å². The second-order valence-corrected chi connectivity index (χ2v) is 5.78. The van der Waals surface area contributed by atoms with E-state index in [-0.39, 0.29) is 11.9 Å². The number of rotatable bonds is 2. The highest BCUT2D eigenvalue weighted by Gasteiger charge is 2.38. The van der Waals surface area contributed by atoms with Gasteiger partial charge in [0.1, 0.15) is 0 Å². The third-order valence-electron chi connectivity index (χ3n) is 4.34. The number of hydrogen-bond donors (Lipinski definition) is 2. The molecule has 2 N–H and O–H groups in total. The Morgan fingerprint density at radius 1 is 1.42 bits per heavy atom. The van der Waals surface area contributed by atoms with Gasteiger partial charge >= 0.3 is 0 Å². The number of pyridine rings is 1. The standard InChI is InChI=1S/C15H21N3O/c1-10-8-12(6-7-16-10)17-15(19)14-9-11-4-2-3-5-13(11)18-14/h6-8,11,13-14,18H,2-5,9H2,1H3,(H,16,17,19). The van der Waals surface area contributed by atoms with Crippen molar-refractivity contribution in [2.45, 2.75) is 51.1 Å². The molecule has 1 aromatic heterocycles. The molecule has 1 aromatic rings. The number of hydrogen-bond acceptors (Lipinski definition) is 3. The Bertz CT molecular complexity index is 460. The molecule has 1 saturated heterocycles. The van der Waals surface area contributed by atoms with Gasteiger partial charge in [-0.2, -0.15) is 0 Å². The summed E-state index contributed by atoms with van der Waals surface area (Å²) in [5.41, 5.74) is 1.76. The Hall–Kier alpha value is -1.42. The Morgan fingerprint density at radius 2 is 2.26 bits per heavy atom. The third kappa shape index (κ3) is 2.78. The number of anilines is 1. The Kier molecular flexibility index (Phi) is 3.51. The number of nitrogens with zero attached hydrogens (tertiary/aromatic N) is 1. The van der Waals surface area contributed by atoms with Gasteiger partial charge in [-0.15, -0.1) is 0 Å². The van der Waals surface area contributed by atoms with Crippen LogP contribution in [0.1, 0.15) is 37.8 Å². The molecule has 2 heterocycles. The van der Waals surface area contributed by atoms with Crippen LogP contribution in [-0.4, -0.2) is 23.0 Å². The summed E-state index contributed by atoms with van der Waals surface area (Å²) in [4.78, 5) is 16.4. The maximum Gasteiger partial charge on any atom is 0.241 e. The first-order chi connectivity index (χ1) is 9.22. The molecule has 1 aliphatic heterocycles. The highest BCUT2D eigenvalue weighted by atomic mass is 16.2. The summed E-state index contributed by atoms with van der Waals surface area (Å²) in [6.07, 6.45) is 7.83. The first-order valence-electron chi connectivity index (χ1n) is 7.22. The van der Waals surface area contributed by atoms with Crippen LogP contribution < -0.4 is 10.6 Å². The van der Waals surface area contributed by atoms with E-state index in [1.165, 1.54) is 25.7 Å². The summed E-state index contributed by atoms with van der Waals surface area (Å²) >= 11 is 0. The van der Waals surface area contributed by atoms with Gasteiger partial charge in [-0.3, -0.25) is 9.78 Å². The van der Waals surface area contributed by atoms with Gasteiger partial charge in [0.25, 0.3) is 0 Å². The number of carbonyl (C=O) groups excluding carboxylic acids is 1. The average molecular weight is 259 g/mol. The van der Waals surface area contributed by atoms with Gasteiger partial charge in [-0.25, -0.2) is 0 Å². The van der Waals surface area contributed by atoms with Crippen LogP contribution in [0.2, 0.25) is 0 Å². The number of aromatic nitrogens is 1. The SMILES string of the molecule is Cc1cc(NC(=O)C2CC3CCCCC3N2)ccn1. The summed E-state index contributed by atoms with van der Waals surface area (Å²) in [6.45, 7) is 1.93. The first kappa shape index (κ1) is 12.6. The number of aryl methyl sites for hydroxylation is 1. The van der Waals surface area contributed by atoms with Gasteiger partial charge in [0.15, 0.2) is 0 Å². The lowest BCUT2D eigenvalue weighted by molar-refractivity contribution is -0.117. The van der Waals surface area contributed by atoms with Gasteiger partial charge in [-0.05, 0) is 44.2 Å². The maximum absolute atomic E-state index is 12.3. The van der Waals surface area contributed by atoms with Crippen molar-refractivity contribution < 1.29 is 4.79 Å². The van der Waals surface area contributed by atoms with Gasteiger partial charge in [-0.1, -0.05) is 12.8 Å². The van der Waals surface area contributed by atoms with E-state index in [9.17, 15) is 4.79 Å². The molecule has 0 spiro atoms. The molecule has 0 radical (unpaired) electrons. The van der Waals surface area contributed by atoms with Crippen LogP contribution >= 0.6 is 0 Å². The minimum Gasteiger partial charge on any atom is -0.325 e. The molecule has 0 aromatic carbocycles. The van der Waals surface area contributed by atoms with Gasteiger partial charge in [0.2, 0.25) is 5.91 Å². The van der Waals surface area contributed by atoms with Gasteiger partial charge < -0.3 is 10.6 Å². The number of nitrogens with one attached hydrogen (secondary N) is 2. The van der Waals surface area contributed by atoms with Crippen LogP contribution in [0.15, 0.2) is 18.3 Å². The molecule has 1 aliphatic carbocycles. The predicted octanol–water partition coefficient (Wildman–Crippen LogP) is 2.25. The second-order valence-electron chi connectivity index (χ2n) is 5.78. The quantitative estimate of drug-likeness (QED) is 0.856. The average Bonchev–Trinajstić information content (AvgIpc) is 2.82. The zero-order chi connectivity index (χ0) is 13.2. The van der Waals surface area contributed by atoms with E-state index in [4.69, 9.17) is 0 Å². The van der Waals surface area contributed by atoms with Crippen LogP contribution in [-0.2, 0) is 4.79 Å². The van der Waals surface area contributed by atoms with Gasteiger partial charge in [0.05, 0.1) is 6.04 Å². The summed E-state index contributed by atoms with van der Waals surface area (Å²) < 4.78 is 0. The fourth-order valence-corrected chi connectivity index (χ4v) is 3.37. The molecule has 3 rings (SSSR count). The van der Waals surface area contributed by atoms with Crippen molar-refractivity contribution >= 4 is 11.6 Å². The predicted molar refractivity (Wildman–Crippen MR) is 74.9 cm³/mol. The summed E-state index contributed by atoms with van der Waals surface area (Å²) in [5, 5.41) is 6.49. The zero-order valence-corrected chi connectivity index (χ0v) is 11.4. The lowest BCUT2D eigenvalue weighted by atomic mass is 9.85.